The molecule has 178 valence electrons. The summed E-state index contributed by atoms with van der Waals surface area (Å²) in [5, 5.41) is 16.3. The van der Waals surface area contributed by atoms with Crippen molar-refractivity contribution in [3.8, 4) is 17.0 Å². The van der Waals surface area contributed by atoms with E-state index in [4.69, 9.17) is 16.0 Å². The van der Waals surface area contributed by atoms with E-state index >= 15 is 0 Å². The molecule has 0 radical (unpaired) electrons. The highest BCUT2D eigenvalue weighted by Crippen LogP contribution is 2.28. The minimum Gasteiger partial charge on any atom is -0.456 e. The van der Waals surface area contributed by atoms with Crippen molar-refractivity contribution in [2.75, 3.05) is 19.7 Å². The highest BCUT2D eigenvalue weighted by Gasteiger charge is 2.23. The number of halogens is 1. The molecule has 7 nitrogen and oxygen atoms in total. The number of hydrogen-bond donors (Lipinski definition) is 1. The lowest BCUT2D eigenvalue weighted by Crippen LogP contribution is -2.34. The van der Waals surface area contributed by atoms with Gasteiger partial charge in [0.2, 0.25) is 0 Å². The Hall–Kier alpha value is -3.39. The average Bonchev–Trinajstić information content (AvgIpc) is 3.61. The van der Waals surface area contributed by atoms with E-state index < -0.39 is 0 Å². The third kappa shape index (κ3) is 4.05. The molecular formula is C27H25ClN4O3. The fraction of sp³-hybridized carbons (Fsp3) is 0.259. The van der Waals surface area contributed by atoms with Gasteiger partial charge in [0.15, 0.2) is 0 Å². The molecule has 1 fully saturated rings. The number of furan rings is 1. The predicted octanol–water partition coefficient (Wildman–Crippen LogP) is 4.71. The van der Waals surface area contributed by atoms with E-state index in [0.29, 0.717) is 21.8 Å². The molecule has 5 aromatic rings. The summed E-state index contributed by atoms with van der Waals surface area (Å²) in [5.74, 6) is 0.629. The van der Waals surface area contributed by atoms with Crippen molar-refractivity contribution in [1.29, 1.82) is 0 Å². The van der Waals surface area contributed by atoms with Crippen LogP contribution in [0.4, 0.5) is 0 Å². The van der Waals surface area contributed by atoms with Crippen LogP contribution in [0.3, 0.4) is 0 Å². The zero-order valence-electron chi connectivity index (χ0n) is 19.1. The van der Waals surface area contributed by atoms with Gasteiger partial charge in [-0.15, -0.1) is 0 Å². The van der Waals surface area contributed by atoms with Crippen LogP contribution in [-0.4, -0.2) is 50.1 Å². The highest BCUT2D eigenvalue weighted by molar-refractivity contribution is 6.30. The van der Waals surface area contributed by atoms with Crippen LogP contribution in [0.1, 0.15) is 12.8 Å². The molecule has 1 atom stereocenters. The van der Waals surface area contributed by atoms with E-state index in [0.717, 1.165) is 54.6 Å². The Kier molecular flexibility index (Phi) is 5.68. The maximum Gasteiger partial charge on any atom is 0.266 e. The Balaban J connectivity index is 1.29. The lowest BCUT2D eigenvalue weighted by molar-refractivity contribution is 0.154. The number of benzene rings is 2. The first-order valence-corrected chi connectivity index (χ1v) is 12.2. The molecule has 0 saturated carbocycles. The van der Waals surface area contributed by atoms with Crippen LogP contribution < -0.4 is 5.56 Å². The number of aromatic nitrogens is 3. The molecule has 1 N–H and O–H groups in total. The van der Waals surface area contributed by atoms with Crippen LogP contribution in [-0.2, 0) is 6.54 Å². The topological polar surface area (TPSA) is 76.4 Å². The molecule has 1 saturated heterocycles. The van der Waals surface area contributed by atoms with Crippen LogP contribution in [0.15, 0.2) is 76.2 Å². The molecule has 4 heterocycles. The molecule has 0 unspecified atom stereocenters. The van der Waals surface area contributed by atoms with Gasteiger partial charge in [-0.3, -0.25) is 18.9 Å². The second-order valence-corrected chi connectivity index (χ2v) is 9.45. The molecule has 1 aliphatic rings. The van der Waals surface area contributed by atoms with Gasteiger partial charge in [-0.1, -0.05) is 11.6 Å². The molecule has 8 heteroatoms. The van der Waals surface area contributed by atoms with E-state index in [2.05, 4.69) is 10.00 Å². The second kappa shape index (κ2) is 9.00. The number of hydrogen-bond acceptors (Lipinski definition) is 5. The van der Waals surface area contributed by atoms with Gasteiger partial charge in [-0.25, -0.2) is 0 Å². The van der Waals surface area contributed by atoms with Crippen LogP contribution in [0, 0.1) is 0 Å². The van der Waals surface area contributed by atoms with E-state index in [1.54, 1.807) is 29.0 Å². The maximum atomic E-state index is 13.3. The molecule has 2 aromatic carbocycles. The quantitative estimate of drug-likeness (QED) is 0.374. The van der Waals surface area contributed by atoms with Gasteiger partial charge in [0.25, 0.3) is 5.56 Å². The van der Waals surface area contributed by atoms with Crippen LogP contribution >= 0.6 is 11.6 Å². The summed E-state index contributed by atoms with van der Waals surface area (Å²) >= 11 is 5.99. The first kappa shape index (κ1) is 22.1. The minimum atomic E-state index is -0.137. The Morgan fingerprint density at radius 3 is 2.77 bits per heavy atom. The average molecular weight is 489 g/mol. The lowest BCUT2D eigenvalue weighted by atomic mass is 10.1. The molecule has 0 spiro atoms. The van der Waals surface area contributed by atoms with E-state index in [1.807, 2.05) is 47.3 Å². The van der Waals surface area contributed by atoms with Crippen molar-refractivity contribution in [3.63, 3.8) is 0 Å². The van der Waals surface area contributed by atoms with Crippen molar-refractivity contribution in [1.82, 2.24) is 19.2 Å². The second-order valence-electron chi connectivity index (χ2n) is 9.01. The zero-order valence-corrected chi connectivity index (χ0v) is 19.9. The third-order valence-electron chi connectivity index (χ3n) is 6.93. The summed E-state index contributed by atoms with van der Waals surface area (Å²) in [4.78, 5) is 15.6. The van der Waals surface area contributed by atoms with Gasteiger partial charge in [0.05, 0.1) is 30.3 Å². The Morgan fingerprint density at radius 1 is 1.09 bits per heavy atom. The summed E-state index contributed by atoms with van der Waals surface area (Å²) in [7, 11) is 0. The van der Waals surface area contributed by atoms with Crippen LogP contribution in [0.25, 0.3) is 38.9 Å². The SMILES string of the molecule is O=c1c2cc(-c3ccc(Cl)cc3)oc2ccn1-c1ccc2c(cnn2CCN2CCC[C@H]2CO)c1. The molecule has 0 bridgehead atoms. The molecule has 0 amide bonds. The number of aliphatic hydroxyl groups excluding tert-OH is 1. The summed E-state index contributed by atoms with van der Waals surface area (Å²) in [6.45, 7) is 2.85. The monoisotopic (exact) mass is 488 g/mol. The molecule has 6 rings (SSSR count). The summed E-state index contributed by atoms with van der Waals surface area (Å²) < 4.78 is 9.56. The number of aliphatic hydroxyl groups is 1. The molecule has 1 aliphatic heterocycles. The number of likely N-dealkylation sites (tertiary alicyclic amines) is 1. The highest BCUT2D eigenvalue weighted by atomic mass is 35.5. The molecule has 3 aromatic heterocycles. The first-order chi connectivity index (χ1) is 17.1. The van der Waals surface area contributed by atoms with Gasteiger partial charge in [0.1, 0.15) is 11.3 Å². The van der Waals surface area contributed by atoms with E-state index in [9.17, 15) is 9.90 Å². The van der Waals surface area contributed by atoms with Gasteiger partial charge in [-0.05, 0) is 74.0 Å². The van der Waals surface area contributed by atoms with Crippen molar-refractivity contribution in [3.05, 3.63) is 82.4 Å². The van der Waals surface area contributed by atoms with E-state index in [-0.39, 0.29) is 18.2 Å². The summed E-state index contributed by atoms with van der Waals surface area (Å²) in [5.41, 5.74) is 3.08. The fourth-order valence-corrected chi connectivity index (χ4v) is 5.14. The van der Waals surface area contributed by atoms with Crippen molar-refractivity contribution in [2.45, 2.75) is 25.4 Å². The first-order valence-electron chi connectivity index (χ1n) is 11.8. The van der Waals surface area contributed by atoms with Crippen LogP contribution in [0.5, 0.6) is 0 Å². The third-order valence-corrected chi connectivity index (χ3v) is 7.18. The molecule has 35 heavy (non-hydrogen) atoms. The van der Waals surface area contributed by atoms with E-state index in [1.165, 1.54) is 0 Å². The standard InChI is InChI=1S/C27H25ClN4O3/c28-20-5-3-18(4-6-20)26-15-23-25(35-26)9-11-31(27(23)34)21-7-8-24-19(14-21)16-29-32(24)13-12-30-10-1-2-22(30)17-33/h3-9,11,14-16,22,33H,1-2,10,12-13,17H2/t22-/m0/s1. The number of nitrogens with zero attached hydrogens (tertiary/aromatic N) is 4. The van der Waals surface area contributed by atoms with Gasteiger partial charge in [-0.2, -0.15) is 5.10 Å². The predicted molar refractivity (Wildman–Crippen MR) is 137 cm³/mol. The van der Waals surface area contributed by atoms with Crippen molar-refractivity contribution < 1.29 is 9.52 Å². The zero-order chi connectivity index (χ0) is 23.9. The fourth-order valence-electron chi connectivity index (χ4n) is 5.02. The summed E-state index contributed by atoms with van der Waals surface area (Å²) in [6, 6.07) is 17.1. The largest absolute Gasteiger partial charge is 0.456 e. The summed E-state index contributed by atoms with van der Waals surface area (Å²) in [6.07, 6.45) is 5.77. The Labute approximate surface area is 206 Å². The smallest absolute Gasteiger partial charge is 0.266 e. The van der Waals surface area contributed by atoms with Crippen molar-refractivity contribution in [2.24, 2.45) is 0 Å². The van der Waals surface area contributed by atoms with Crippen molar-refractivity contribution >= 4 is 33.5 Å². The normalized spacial score (nSPS) is 16.6. The number of pyridine rings is 1. The van der Waals surface area contributed by atoms with Crippen LogP contribution in [0.2, 0.25) is 5.02 Å². The van der Waals surface area contributed by atoms with Gasteiger partial charge in [0, 0.05) is 40.4 Å². The maximum absolute atomic E-state index is 13.3. The lowest BCUT2D eigenvalue weighted by Gasteiger charge is -2.22. The number of fused-ring (bicyclic) bond motifs is 2. The number of rotatable bonds is 6. The Bertz CT molecular complexity index is 1570. The molecular weight excluding hydrogens is 464 g/mol. The van der Waals surface area contributed by atoms with Gasteiger partial charge >= 0.3 is 0 Å². The molecule has 0 aliphatic carbocycles. The minimum absolute atomic E-state index is 0.137. The Morgan fingerprint density at radius 2 is 1.94 bits per heavy atom. The van der Waals surface area contributed by atoms with Gasteiger partial charge < -0.3 is 9.52 Å².